The number of methoxy groups -OCH3 is 1. The molecule has 0 aliphatic heterocycles. The summed E-state index contributed by atoms with van der Waals surface area (Å²) in [6, 6.07) is 9.17. The average Bonchev–Trinajstić information content (AvgIpc) is 2.65. The smallest absolute Gasteiger partial charge is 0.338 e. The molecule has 1 amide bonds. The maximum absolute atomic E-state index is 13.3. The summed E-state index contributed by atoms with van der Waals surface area (Å²) in [7, 11) is 1.23. The highest BCUT2D eigenvalue weighted by Crippen LogP contribution is 2.17. The Kier molecular flexibility index (Phi) is 6.68. The summed E-state index contributed by atoms with van der Waals surface area (Å²) in [4.78, 5) is 23.7. The van der Waals surface area contributed by atoms with Gasteiger partial charge in [0.1, 0.15) is 12.4 Å². The summed E-state index contributed by atoms with van der Waals surface area (Å²) in [5.74, 6) is 2.49. The Hall–Kier alpha value is -3.40. The quantitative estimate of drug-likeness (QED) is 0.658. The van der Waals surface area contributed by atoms with Crippen LogP contribution < -0.4 is 10.1 Å². The second kappa shape index (κ2) is 9.18. The summed E-state index contributed by atoms with van der Waals surface area (Å²) < 4.78 is 35.8. The Bertz CT molecular complexity index is 871. The number of carbonyl (C=O) groups excluding carboxylic acids is 2. The van der Waals surface area contributed by atoms with E-state index in [-0.39, 0.29) is 30.0 Å². The van der Waals surface area contributed by atoms with Crippen molar-refractivity contribution < 1.29 is 27.8 Å². The molecule has 134 valence electrons. The van der Waals surface area contributed by atoms with Crippen molar-refractivity contribution in [1.82, 2.24) is 5.32 Å². The van der Waals surface area contributed by atoms with Crippen molar-refractivity contribution in [3.05, 3.63) is 65.2 Å². The Morgan fingerprint density at radius 1 is 1.08 bits per heavy atom. The molecule has 0 saturated carbocycles. The van der Waals surface area contributed by atoms with Gasteiger partial charge in [0.05, 0.1) is 24.8 Å². The number of hydrogen-bond donors (Lipinski definition) is 1. The first kappa shape index (κ1) is 18.9. The number of ether oxygens (including phenoxy) is 2. The first-order valence-corrected chi connectivity index (χ1v) is 7.52. The predicted octanol–water partition coefficient (Wildman–Crippen LogP) is 2.56. The lowest BCUT2D eigenvalue weighted by molar-refractivity contribution is 0.0596. The van der Waals surface area contributed by atoms with E-state index in [9.17, 15) is 18.4 Å². The zero-order chi connectivity index (χ0) is 18.9. The zero-order valence-electron chi connectivity index (χ0n) is 13.8. The summed E-state index contributed by atoms with van der Waals surface area (Å²) in [5, 5.41) is 2.54. The van der Waals surface area contributed by atoms with Crippen LogP contribution in [-0.2, 0) is 4.74 Å². The highest BCUT2D eigenvalue weighted by molar-refractivity contribution is 6.05. The van der Waals surface area contributed by atoms with Gasteiger partial charge in [0, 0.05) is 6.07 Å². The normalized spacial score (nSPS) is 9.65. The second-order valence-electron chi connectivity index (χ2n) is 4.94. The fourth-order valence-corrected chi connectivity index (χ4v) is 2.01. The maximum atomic E-state index is 13.3. The number of esters is 1. The van der Waals surface area contributed by atoms with E-state index in [1.54, 1.807) is 12.1 Å². The van der Waals surface area contributed by atoms with Crippen LogP contribution in [0, 0.1) is 23.5 Å². The van der Waals surface area contributed by atoms with Crippen LogP contribution in [-0.4, -0.2) is 32.1 Å². The largest absolute Gasteiger partial charge is 0.478 e. The van der Waals surface area contributed by atoms with Gasteiger partial charge in [0.2, 0.25) is 0 Å². The Morgan fingerprint density at radius 3 is 2.50 bits per heavy atom. The van der Waals surface area contributed by atoms with Crippen molar-refractivity contribution >= 4 is 11.9 Å². The molecule has 26 heavy (non-hydrogen) atoms. The molecule has 0 aromatic heterocycles. The minimum absolute atomic E-state index is 0.00357. The fourth-order valence-electron chi connectivity index (χ4n) is 2.01. The molecule has 0 atom stereocenters. The number of halogens is 2. The van der Waals surface area contributed by atoms with Crippen LogP contribution in [0.3, 0.4) is 0 Å². The summed E-state index contributed by atoms with van der Waals surface area (Å²) >= 11 is 0. The third-order valence-electron chi connectivity index (χ3n) is 3.23. The average molecular weight is 359 g/mol. The van der Waals surface area contributed by atoms with Crippen molar-refractivity contribution in [1.29, 1.82) is 0 Å². The lowest BCUT2D eigenvalue weighted by Gasteiger charge is -2.06. The van der Waals surface area contributed by atoms with Crippen LogP contribution in [0.2, 0.25) is 0 Å². The molecule has 2 aromatic rings. The number of amides is 1. The molecule has 2 aromatic carbocycles. The summed E-state index contributed by atoms with van der Waals surface area (Å²) in [5.41, 5.74) is 0.321. The van der Waals surface area contributed by atoms with E-state index < -0.39 is 23.5 Å². The number of rotatable bonds is 5. The van der Waals surface area contributed by atoms with Gasteiger partial charge in [-0.3, -0.25) is 4.79 Å². The van der Waals surface area contributed by atoms with E-state index >= 15 is 0 Å². The molecule has 0 fully saturated rings. The maximum Gasteiger partial charge on any atom is 0.338 e. The Balaban J connectivity index is 1.86. The van der Waals surface area contributed by atoms with Crippen molar-refractivity contribution in [3.8, 4) is 17.6 Å². The lowest BCUT2D eigenvalue weighted by atomic mass is 10.1. The standard InChI is InChI=1S/C19H15F2NO4/c1-25-19(24)15-7-3-2-6-14(15)18(23)22-10-4-5-11-26-17-9-8-13(20)12-16(17)21/h2-3,6-9,12H,10-11H2,1H3,(H,22,23). The molecule has 2 rings (SSSR count). The van der Waals surface area contributed by atoms with E-state index in [1.165, 1.54) is 19.2 Å². The molecule has 0 unspecified atom stereocenters. The van der Waals surface area contributed by atoms with Gasteiger partial charge < -0.3 is 14.8 Å². The zero-order valence-corrected chi connectivity index (χ0v) is 13.8. The lowest BCUT2D eigenvalue weighted by Crippen LogP contribution is -2.25. The molecule has 0 bridgehead atoms. The number of benzene rings is 2. The minimum Gasteiger partial charge on any atom is -0.478 e. The molecule has 5 nitrogen and oxygen atoms in total. The van der Waals surface area contributed by atoms with E-state index in [2.05, 4.69) is 21.9 Å². The predicted molar refractivity (Wildman–Crippen MR) is 89.7 cm³/mol. The molecule has 0 spiro atoms. The van der Waals surface area contributed by atoms with Gasteiger partial charge >= 0.3 is 5.97 Å². The van der Waals surface area contributed by atoms with Crippen LogP contribution in [0.1, 0.15) is 20.7 Å². The van der Waals surface area contributed by atoms with Gasteiger partial charge in [-0.15, -0.1) is 0 Å². The molecule has 1 N–H and O–H groups in total. The SMILES string of the molecule is COC(=O)c1ccccc1C(=O)NCC#CCOc1ccc(F)cc1F. The Morgan fingerprint density at radius 2 is 1.81 bits per heavy atom. The molecule has 0 aliphatic rings. The van der Waals surface area contributed by atoms with E-state index in [4.69, 9.17) is 4.74 Å². The van der Waals surface area contributed by atoms with Crippen LogP contribution in [0.15, 0.2) is 42.5 Å². The van der Waals surface area contributed by atoms with Crippen LogP contribution >= 0.6 is 0 Å². The third kappa shape index (κ3) is 5.05. The molecule has 0 aliphatic carbocycles. The van der Waals surface area contributed by atoms with Crippen molar-refractivity contribution in [2.24, 2.45) is 0 Å². The van der Waals surface area contributed by atoms with E-state index in [0.717, 1.165) is 12.1 Å². The molecule has 7 heteroatoms. The highest BCUT2D eigenvalue weighted by atomic mass is 19.1. The summed E-state index contributed by atoms with van der Waals surface area (Å²) in [6.45, 7) is -0.124. The molecule has 0 saturated heterocycles. The Labute approximate surface area is 148 Å². The number of nitrogens with one attached hydrogen (secondary N) is 1. The third-order valence-corrected chi connectivity index (χ3v) is 3.23. The molecular weight excluding hydrogens is 344 g/mol. The molecule has 0 radical (unpaired) electrons. The van der Waals surface area contributed by atoms with Gasteiger partial charge in [-0.25, -0.2) is 13.6 Å². The van der Waals surface area contributed by atoms with Crippen LogP contribution in [0.4, 0.5) is 8.78 Å². The van der Waals surface area contributed by atoms with E-state index in [1.807, 2.05) is 0 Å². The van der Waals surface area contributed by atoms with Crippen molar-refractivity contribution in [2.45, 2.75) is 0 Å². The second-order valence-corrected chi connectivity index (χ2v) is 4.94. The van der Waals surface area contributed by atoms with E-state index in [0.29, 0.717) is 6.07 Å². The molecule has 0 heterocycles. The van der Waals surface area contributed by atoms with Crippen LogP contribution in [0.25, 0.3) is 0 Å². The van der Waals surface area contributed by atoms with Crippen LogP contribution in [0.5, 0.6) is 5.75 Å². The molecular formula is C19H15F2NO4. The fraction of sp³-hybridized carbons (Fsp3) is 0.158. The van der Waals surface area contributed by atoms with Gasteiger partial charge in [-0.05, 0) is 24.3 Å². The van der Waals surface area contributed by atoms with Crippen molar-refractivity contribution in [3.63, 3.8) is 0 Å². The monoisotopic (exact) mass is 359 g/mol. The topological polar surface area (TPSA) is 64.6 Å². The number of hydrogen-bond acceptors (Lipinski definition) is 4. The number of carbonyl (C=O) groups is 2. The minimum atomic E-state index is -0.820. The van der Waals surface area contributed by atoms with Gasteiger partial charge in [0.25, 0.3) is 5.91 Å². The van der Waals surface area contributed by atoms with Crippen molar-refractivity contribution in [2.75, 3.05) is 20.3 Å². The first-order chi connectivity index (χ1) is 12.5. The van der Waals surface area contributed by atoms with Gasteiger partial charge in [-0.1, -0.05) is 24.0 Å². The van der Waals surface area contributed by atoms with Gasteiger partial charge in [0.15, 0.2) is 11.6 Å². The highest BCUT2D eigenvalue weighted by Gasteiger charge is 2.16. The first-order valence-electron chi connectivity index (χ1n) is 7.52. The van der Waals surface area contributed by atoms with Gasteiger partial charge in [-0.2, -0.15) is 0 Å². The summed E-state index contributed by atoms with van der Waals surface area (Å²) in [6.07, 6.45) is 0.